The molecule has 5 nitrogen and oxygen atoms in total. The molecule has 0 fully saturated rings. The molecule has 120 valence electrons. The maximum atomic E-state index is 6.31. The van der Waals surface area contributed by atoms with E-state index in [1.807, 2.05) is 12.1 Å². The zero-order chi connectivity index (χ0) is 15.5. The van der Waals surface area contributed by atoms with E-state index in [0.717, 1.165) is 22.4 Å². The Morgan fingerprint density at radius 2 is 1.96 bits per heavy atom. The molecule has 0 aliphatic rings. The lowest BCUT2D eigenvalue weighted by atomic mass is 9.99. The first kappa shape index (κ1) is 17.7. The number of benzene rings is 1. The molecule has 1 aromatic carbocycles. The van der Waals surface area contributed by atoms with Crippen molar-refractivity contribution in [2.75, 3.05) is 0 Å². The zero-order valence-electron chi connectivity index (χ0n) is 12.0. The SMILES string of the molecule is Cl.NCc1c(-c2ccc(Cl)cc2Cl)ccnc1Cn1cncn1. The first-order chi connectivity index (χ1) is 10.7. The molecule has 0 amide bonds. The summed E-state index contributed by atoms with van der Waals surface area (Å²) >= 11 is 12.3. The van der Waals surface area contributed by atoms with Crippen LogP contribution in [0.2, 0.25) is 10.0 Å². The number of hydrogen-bond acceptors (Lipinski definition) is 4. The normalized spacial score (nSPS) is 10.4. The highest BCUT2D eigenvalue weighted by molar-refractivity contribution is 6.36. The Hall–Kier alpha value is -1.66. The molecule has 2 N–H and O–H groups in total. The summed E-state index contributed by atoms with van der Waals surface area (Å²) in [6.07, 6.45) is 4.87. The highest BCUT2D eigenvalue weighted by atomic mass is 35.5. The van der Waals surface area contributed by atoms with Crippen LogP contribution in [0.1, 0.15) is 11.3 Å². The second-order valence-electron chi connectivity index (χ2n) is 4.71. The van der Waals surface area contributed by atoms with Gasteiger partial charge in [-0.15, -0.1) is 12.4 Å². The van der Waals surface area contributed by atoms with E-state index >= 15 is 0 Å². The van der Waals surface area contributed by atoms with Crippen LogP contribution >= 0.6 is 35.6 Å². The van der Waals surface area contributed by atoms with Gasteiger partial charge in [0.05, 0.1) is 12.2 Å². The number of hydrogen-bond donors (Lipinski definition) is 1. The molecule has 2 heterocycles. The van der Waals surface area contributed by atoms with Crippen molar-refractivity contribution in [2.45, 2.75) is 13.1 Å². The van der Waals surface area contributed by atoms with Crippen LogP contribution in [0.3, 0.4) is 0 Å². The van der Waals surface area contributed by atoms with Gasteiger partial charge in [-0.3, -0.25) is 4.98 Å². The number of aromatic nitrogens is 4. The summed E-state index contributed by atoms with van der Waals surface area (Å²) < 4.78 is 1.70. The number of nitrogens with zero attached hydrogens (tertiary/aromatic N) is 4. The highest BCUT2D eigenvalue weighted by Gasteiger charge is 2.13. The number of rotatable bonds is 4. The third-order valence-electron chi connectivity index (χ3n) is 3.35. The Morgan fingerprint density at radius 1 is 1.13 bits per heavy atom. The van der Waals surface area contributed by atoms with Crippen molar-refractivity contribution in [3.63, 3.8) is 0 Å². The van der Waals surface area contributed by atoms with Crippen LogP contribution in [-0.2, 0) is 13.1 Å². The first-order valence-corrected chi connectivity index (χ1v) is 7.39. The van der Waals surface area contributed by atoms with E-state index in [-0.39, 0.29) is 12.4 Å². The van der Waals surface area contributed by atoms with Gasteiger partial charge in [0.1, 0.15) is 12.7 Å². The van der Waals surface area contributed by atoms with Crippen LogP contribution in [0.5, 0.6) is 0 Å². The summed E-state index contributed by atoms with van der Waals surface area (Å²) in [6, 6.07) is 7.32. The summed E-state index contributed by atoms with van der Waals surface area (Å²) in [6.45, 7) is 0.859. The Bertz CT molecular complexity index is 790. The quantitative estimate of drug-likeness (QED) is 0.762. The molecule has 3 aromatic rings. The Balaban J connectivity index is 0.00000192. The molecule has 0 saturated carbocycles. The minimum Gasteiger partial charge on any atom is -0.326 e. The molecule has 3 rings (SSSR count). The molecule has 0 aliphatic heterocycles. The predicted octanol–water partition coefficient (Wildman–Crippen LogP) is 3.58. The van der Waals surface area contributed by atoms with E-state index in [4.69, 9.17) is 28.9 Å². The fourth-order valence-electron chi connectivity index (χ4n) is 2.33. The van der Waals surface area contributed by atoms with Crippen molar-refractivity contribution in [3.05, 3.63) is 64.4 Å². The zero-order valence-corrected chi connectivity index (χ0v) is 14.3. The number of pyridine rings is 1. The van der Waals surface area contributed by atoms with Gasteiger partial charge in [-0.2, -0.15) is 5.10 Å². The fourth-order valence-corrected chi connectivity index (χ4v) is 2.84. The molecular formula is C15H14Cl3N5. The average molecular weight is 371 g/mol. The molecule has 0 aliphatic carbocycles. The molecular weight excluding hydrogens is 357 g/mol. The van der Waals surface area contributed by atoms with Crippen LogP contribution in [0.15, 0.2) is 43.1 Å². The highest BCUT2D eigenvalue weighted by Crippen LogP contribution is 2.33. The second-order valence-corrected chi connectivity index (χ2v) is 5.55. The third kappa shape index (κ3) is 3.82. The standard InChI is InChI=1S/C15H13Cl2N5.ClH/c16-10-1-2-12(14(17)5-10)11-3-4-20-15(13(11)6-18)7-22-9-19-8-21-22;/h1-5,8-9H,6-7,18H2;1H. The second kappa shape index (κ2) is 7.75. The van der Waals surface area contributed by atoms with Crippen LogP contribution < -0.4 is 5.73 Å². The Labute approximate surface area is 149 Å². The monoisotopic (exact) mass is 369 g/mol. The molecule has 0 radical (unpaired) electrons. The summed E-state index contributed by atoms with van der Waals surface area (Å²) in [5, 5.41) is 5.28. The summed E-state index contributed by atoms with van der Waals surface area (Å²) in [4.78, 5) is 8.36. The molecule has 0 atom stereocenters. The maximum Gasteiger partial charge on any atom is 0.137 e. The van der Waals surface area contributed by atoms with Crippen molar-refractivity contribution < 1.29 is 0 Å². The lowest BCUT2D eigenvalue weighted by molar-refractivity contribution is 0.664. The van der Waals surface area contributed by atoms with Gasteiger partial charge in [0.15, 0.2) is 0 Å². The van der Waals surface area contributed by atoms with Crippen molar-refractivity contribution in [1.82, 2.24) is 19.7 Å². The van der Waals surface area contributed by atoms with Gasteiger partial charge in [-0.05, 0) is 29.3 Å². The van der Waals surface area contributed by atoms with Crippen molar-refractivity contribution in [2.24, 2.45) is 5.73 Å². The van der Waals surface area contributed by atoms with Gasteiger partial charge in [-0.1, -0.05) is 29.3 Å². The van der Waals surface area contributed by atoms with Crippen LogP contribution in [-0.4, -0.2) is 19.7 Å². The van der Waals surface area contributed by atoms with E-state index in [2.05, 4.69) is 15.1 Å². The van der Waals surface area contributed by atoms with Crippen molar-refractivity contribution in [1.29, 1.82) is 0 Å². The van der Waals surface area contributed by atoms with Crippen LogP contribution in [0, 0.1) is 0 Å². The van der Waals surface area contributed by atoms with Gasteiger partial charge in [-0.25, -0.2) is 9.67 Å². The fraction of sp³-hybridized carbons (Fsp3) is 0.133. The van der Waals surface area contributed by atoms with Crippen molar-refractivity contribution >= 4 is 35.6 Å². The molecule has 2 aromatic heterocycles. The van der Waals surface area contributed by atoms with Gasteiger partial charge in [0, 0.05) is 28.4 Å². The van der Waals surface area contributed by atoms with Gasteiger partial charge in [0.25, 0.3) is 0 Å². The predicted molar refractivity (Wildman–Crippen MR) is 94.0 cm³/mol. The minimum atomic E-state index is 0. The first-order valence-electron chi connectivity index (χ1n) is 6.63. The third-order valence-corrected chi connectivity index (χ3v) is 3.90. The lowest BCUT2D eigenvalue weighted by Gasteiger charge is -2.14. The van der Waals surface area contributed by atoms with Gasteiger partial charge >= 0.3 is 0 Å². The summed E-state index contributed by atoms with van der Waals surface area (Å²) in [5.74, 6) is 0. The van der Waals surface area contributed by atoms with Crippen molar-refractivity contribution in [3.8, 4) is 11.1 Å². The smallest absolute Gasteiger partial charge is 0.137 e. The minimum absolute atomic E-state index is 0. The number of nitrogens with two attached hydrogens (primary N) is 1. The molecule has 0 saturated heterocycles. The molecule has 0 spiro atoms. The largest absolute Gasteiger partial charge is 0.326 e. The molecule has 8 heteroatoms. The topological polar surface area (TPSA) is 69.6 Å². The van der Waals surface area contributed by atoms with Crippen LogP contribution in [0.4, 0.5) is 0 Å². The summed E-state index contributed by atoms with van der Waals surface area (Å²) in [5.41, 5.74) is 9.56. The van der Waals surface area contributed by atoms with E-state index in [1.54, 1.807) is 29.3 Å². The van der Waals surface area contributed by atoms with E-state index < -0.39 is 0 Å². The maximum absolute atomic E-state index is 6.31. The van der Waals surface area contributed by atoms with E-state index in [9.17, 15) is 0 Å². The Morgan fingerprint density at radius 3 is 2.61 bits per heavy atom. The van der Waals surface area contributed by atoms with Gasteiger partial charge in [0.2, 0.25) is 0 Å². The molecule has 23 heavy (non-hydrogen) atoms. The summed E-state index contributed by atoms with van der Waals surface area (Å²) in [7, 11) is 0. The Kier molecular flexibility index (Phi) is 5.96. The van der Waals surface area contributed by atoms with Gasteiger partial charge < -0.3 is 5.73 Å². The molecule has 0 unspecified atom stereocenters. The van der Waals surface area contributed by atoms with E-state index in [0.29, 0.717) is 23.1 Å². The lowest BCUT2D eigenvalue weighted by Crippen LogP contribution is -2.10. The average Bonchev–Trinajstić information content (AvgIpc) is 3.00. The molecule has 0 bridgehead atoms. The van der Waals surface area contributed by atoms with Crippen LogP contribution in [0.25, 0.3) is 11.1 Å². The van der Waals surface area contributed by atoms with E-state index in [1.165, 1.54) is 6.33 Å². The number of halogens is 3.